The monoisotopic (exact) mass is 352 g/mol. The lowest BCUT2D eigenvalue weighted by Crippen LogP contribution is -2.36. The van der Waals surface area contributed by atoms with Gasteiger partial charge in [0.2, 0.25) is 0 Å². The number of ether oxygens (including phenoxy) is 2. The lowest BCUT2D eigenvalue weighted by molar-refractivity contribution is -0.0504. The fraction of sp³-hybridized carbons (Fsp3) is 0.353. The van der Waals surface area contributed by atoms with E-state index in [0.29, 0.717) is 23.8 Å². The van der Waals surface area contributed by atoms with Gasteiger partial charge in [0.05, 0.1) is 7.11 Å². The average Bonchev–Trinajstić information content (AvgIpc) is 3.01. The summed E-state index contributed by atoms with van der Waals surface area (Å²) in [4.78, 5) is 4.13. The molecule has 0 saturated heterocycles. The molecule has 0 fully saturated rings. The molecule has 25 heavy (non-hydrogen) atoms. The van der Waals surface area contributed by atoms with Crippen LogP contribution >= 0.6 is 0 Å². The van der Waals surface area contributed by atoms with E-state index < -0.39 is 6.61 Å². The quantitative estimate of drug-likeness (QED) is 0.594. The van der Waals surface area contributed by atoms with Crippen LogP contribution in [0.1, 0.15) is 11.1 Å². The molecule has 1 heterocycles. The number of rotatable bonds is 7. The van der Waals surface area contributed by atoms with Gasteiger partial charge in [0, 0.05) is 45.1 Å². The summed E-state index contributed by atoms with van der Waals surface area (Å²) in [7, 11) is 5.10. The van der Waals surface area contributed by atoms with E-state index >= 15 is 0 Å². The second-order valence-corrected chi connectivity index (χ2v) is 5.32. The molecule has 0 amide bonds. The molecule has 8 heteroatoms. The number of methoxy groups -OCH3 is 1. The number of hydrogen-bond donors (Lipinski definition) is 2. The molecule has 0 aliphatic carbocycles. The van der Waals surface area contributed by atoms with Crippen molar-refractivity contribution < 1.29 is 18.3 Å². The molecule has 2 aromatic rings. The third-order valence-corrected chi connectivity index (χ3v) is 3.51. The average molecular weight is 352 g/mol. The number of benzene rings is 1. The Balaban J connectivity index is 1.99. The zero-order valence-electron chi connectivity index (χ0n) is 14.4. The highest BCUT2D eigenvalue weighted by Gasteiger charge is 2.11. The minimum absolute atomic E-state index is 0.0989. The number of aliphatic imine (C=N–C) groups is 1. The van der Waals surface area contributed by atoms with E-state index in [9.17, 15) is 8.78 Å². The zero-order valence-corrected chi connectivity index (χ0v) is 14.4. The molecular weight excluding hydrogens is 330 g/mol. The summed E-state index contributed by atoms with van der Waals surface area (Å²) in [5.74, 6) is 1.21. The molecule has 0 atom stereocenters. The Labute approximate surface area is 145 Å². The number of aryl methyl sites for hydroxylation is 1. The molecule has 0 aliphatic rings. The van der Waals surface area contributed by atoms with Gasteiger partial charge in [-0.15, -0.1) is 0 Å². The molecule has 0 unspecified atom stereocenters. The molecule has 2 N–H and O–H groups in total. The third kappa shape index (κ3) is 5.66. The van der Waals surface area contributed by atoms with Crippen LogP contribution in [0.4, 0.5) is 8.78 Å². The molecule has 0 radical (unpaired) electrons. The summed E-state index contributed by atoms with van der Waals surface area (Å²) < 4.78 is 36.7. The Kier molecular flexibility index (Phi) is 6.62. The maximum atomic E-state index is 12.5. The summed E-state index contributed by atoms with van der Waals surface area (Å²) in [5, 5.41) is 6.24. The smallest absolute Gasteiger partial charge is 0.387 e. The van der Waals surface area contributed by atoms with Crippen LogP contribution in [-0.2, 0) is 20.1 Å². The summed E-state index contributed by atoms with van der Waals surface area (Å²) in [5.41, 5.74) is 1.65. The first kappa shape index (κ1) is 18.6. The van der Waals surface area contributed by atoms with E-state index in [0.717, 1.165) is 5.56 Å². The SMILES string of the molecule is CN=C(NCc1ccn(C)c1)NCc1cc(OC)ccc1OC(F)F. The van der Waals surface area contributed by atoms with Crippen LogP contribution in [0.2, 0.25) is 0 Å². The van der Waals surface area contributed by atoms with Gasteiger partial charge in [0.15, 0.2) is 5.96 Å². The topological polar surface area (TPSA) is 59.8 Å². The maximum absolute atomic E-state index is 12.5. The van der Waals surface area contributed by atoms with Crippen LogP contribution in [-0.4, -0.2) is 31.3 Å². The van der Waals surface area contributed by atoms with Crippen LogP contribution in [0, 0.1) is 0 Å². The molecular formula is C17H22F2N4O2. The van der Waals surface area contributed by atoms with E-state index in [1.807, 2.05) is 30.1 Å². The molecule has 1 aromatic heterocycles. The lowest BCUT2D eigenvalue weighted by Gasteiger charge is -2.15. The van der Waals surface area contributed by atoms with Crippen LogP contribution < -0.4 is 20.1 Å². The van der Waals surface area contributed by atoms with Crippen molar-refractivity contribution in [3.8, 4) is 11.5 Å². The largest absolute Gasteiger partial charge is 0.497 e. The number of nitrogens with one attached hydrogen (secondary N) is 2. The molecule has 2 rings (SSSR count). The summed E-state index contributed by atoms with van der Waals surface area (Å²) in [6.45, 7) is -2.03. The predicted octanol–water partition coefficient (Wildman–Crippen LogP) is 2.50. The molecule has 1 aromatic carbocycles. The number of alkyl halides is 2. The van der Waals surface area contributed by atoms with E-state index in [1.165, 1.54) is 13.2 Å². The van der Waals surface area contributed by atoms with Gasteiger partial charge in [-0.05, 0) is 29.8 Å². The van der Waals surface area contributed by atoms with Gasteiger partial charge in [-0.1, -0.05) is 0 Å². The first-order valence-corrected chi connectivity index (χ1v) is 7.69. The molecule has 0 spiro atoms. The second kappa shape index (κ2) is 8.91. The Morgan fingerprint density at radius 2 is 2.00 bits per heavy atom. The Morgan fingerprint density at radius 1 is 1.24 bits per heavy atom. The highest BCUT2D eigenvalue weighted by atomic mass is 19.3. The third-order valence-electron chi connectivity index (χ3n) is 3.51. The van der Waals surface area contributed by atoms with Crippen molar-refractivity contribution in [2.24, 2.45) is 12.0 Å². The molecule has 0 saturated carbocycles. The van der Waals surface area contributed by atoms with Gasteiger partial charge < -0.3 is 24.7 Å². The molecule has 0 bridgehead atoms. The van der Waals surface area contributed by atoms with E-state index in [-0.39, 0.29) is 12.3 Å². The van der Waals surface area contributed by atoms with Gasteiger partial charge >= 0.3 is 6.61 Å². The van der Waals surface area contributed by atoms with Crippen molar-refractivity contribution >= 4 is 5.96 Å². The van der Waals surface area contributed by atoms with Crippen molar-refractivity contribution in [2.75, 3.05) is 14.2 Å². The van der Waals surface area contributed by atoms with Gasteiger partial charge in [-0.25, -0.2) is 0 Å². The van der Waals surface area contributed by atoms with Crippen LogP contribution in [0.5, 0.6) is 11.5 Å². The van der Waals surface area contributed by atoms with Crippen molar-refractivity contribution in [1.82, 2.24) is 15.2 Å². The van der Waals surface area contributed by atoms with Gasteiger partial charge in [-0.3, -0.25) is 4.99 Å². The standard InChI is InChI=1S/C17H22F2N4O2/c1-20-17(21-9-12-6-7-23(2)11-12)22-10-13-8-14(24-3)4-5-15(13)25-16(18)19/h4-8,11,16H,9-10H2,1-3H3,(H2,20,21,22). The molecule has 136 valence electrons. The predicted molar refractivity (Wildman–Crippen MR) is 92.1 cm³/mol. The van der Waals surface area contributed by atoms with Gasteiger partial charge in [0.1, 0.15) is 11.5 Å². The number of halogens is 2. The van der Waals surface area contributed by atoms with E-state index in [1.54, 1.807) is 19.2 Å². The number of aromatic nitrogens is 1. The van der Waals surface area contributed by atoms with Gasteiger partial charge in [0.25, 0.3) is 0 Å². The second-order valence-electron chi connectivity index (χ2n) is 5.32. The van der Waals surface area contributed by atoms with Crippen LogP contribution in [0.25, 0.3) is 0 Å². The van der Waals surface area contributed by atoms with Crippen molar-refractivity contribution in [3.63, 3.8) is 0 Å². The fourth-order valence-corrected chi connectivity index (χ4v) is 2.28. The van der Waals surface area contributed by atoms with E-state index in [4.69, 9.17) is 4.74 Å². The molecule has 6 nitrogen and oxygen atoms in total. The Hall–Kier alpha value is -2.77. The fourth-order valence-electron chi connectivity index (χ4n) is 2.28. The Morgan fingerprint density at radius 3 is 2.60 bits per heavy atom. The van der Waals surface area contributed by atoms with E-state index in [2.05, 4.69) is 20.4 Å². The normalized spacial score (nSPS) is 11.5. The first-order chi connectivity index (χ1) is 12.0. The zero-order chi connectivity index (χ0) is 18.2. The van der Waals surface area contributed by atoms with Gasteiger partial charge in [-0.2, -0.15) is 8.78 Å². The lowest BCUT2D eigenvalue weighted by atomic mass is 10.2. The van der Waals surface area contributed by atoms with Crippen molar-refractivity contribution in [3.05, 3.63) is 47.8 Å². The summed E-state index contributed by atoms with van der Waals surface area (Å²) >= 11 is 0. The minimum atomic E-state index is -2.89. The van der Waals surface area contributed by atoms with Crippen LogP contribution in [0.15, 0.2) is 41.7 Å². The Bertz CT molecular complexity index is 716. The summed E-state index contributed by atoms with van der Waals surface area (Å²) in [6.07, 6.45) is 3.95. The number of guanidine groups is 1. The number of nitrogens with zero attached hydrogens (tertiary/aromatic N) is 2. The van der Waals surface area contributed by atoms with Crippen LogP contribution in [0.3, 0.4) is 0 Å². The maximum Gasteiger partial charge on any atom is 0.387 e. The minimum Gasteiger partial charge on any atom is -0.497 e. The highest BCUT2D eigenvalue weighted by Crippen LogP contribution is 2.25. The highest BCUT2D eigenvalue weighted by molar-refractivity contribution is 5.79. The summed E-state index contributed by atoms with van der Waals surface area (Å²) in [6, 6.07) is 6.68. The number of hydrogen-bond acceptors (Lipinski definition) is 3. The van der Waals surface area contributed by atoms with Crippen molar-refractivity contribution in [1.29, 1.82) is 0 Å². The van der Waals surface area contributed by atoms with Crippen molar-refractivity contribution in [2.45, 2.75) is 19.7 Å². The first-order valence-electron chi connectivity index (χ1n) is 7.69. The molecule has 0 aliphatic heterocycles.